The topological polar surface area (TPSA) is 43.4 Å². The van der Waals surface area contributed by atoms with Crippen molar-refractivity contribution in [3.63, 3.8) is 0 Å². The lowest BCUT2D eigenvalue weighted by Gasteiger charge is -2.06. The maximum Gasteiger partial charge on any atom is 0.319 e. The minimum atomic E-state index is -0.382. The molecule has 11 heavy (non-hydrogen) atoms. The molecule has 0 heterocycles. The smallest absolute Gasteiger partial charge is 0.319 e. The molecule has 0 aromatic rings. The Morgan fingerprint density at radius 3 is 2.45 bits per heavy atom. The molecule has 0 aliphatic heterocycles. The van der Waals surface area contributed by atoms with Crippen molar-refractivity contribution in [3.8, 4) is 0 Å². The van der Waals surface area contributed by atoms with Gasteiger partial charge in [-0.2, -0.15) is 0 Å². The Kier molecular flexibility index (Phi) is 4.94. The van der Waals surface area contributed by atoms with Crippen molar-refractivity contribution in [3.05, 3.63) is 0 Å². The maximum atomic E-state index is 10.9. The van der Waals surface area contributed by atoms with Crippen molar-refractivity contribution in [2.45, 2.75) is 26.0 Å². The largest absolute Gasteiger partial charge is 0.465 e. The standard InChI is InChI=1S/C7H12O3S/c1-4-10-7(9)5(2)11-6(3)8/h5H,4H2,1-3H3/t5-/m0/s1. The fourth-order valence-electron chi connectivity index (χ4n) is 0.557. The van der Waals surface area contributed by atoms with E-state index < -0.39 is 0 Å². The van der Waals surface area contributed by atoms with E-state index in [1.54, 1.807) is 13.8 Å². The van der Waals surface area contributed by atoms with E-state index >= 15 is 0 Å². The zero-order valence-corrected chi connectivity index (χ0v) is 7.73. The van der Waals surface area contributed by atoms with Gasteiger partial charge in [-0.1, -0.05) is 11.8 Å². The van der Waals surface area contributed by atoms with Gasteiger partial charge >= 0.3 is 5.97 Å². The number of carbonyl (C=O) groups is 2. The van der Waals surface area contributed by atoms with Crippen molar-refractivity contribution in [1.29, 1.82) is 0 Å². The van der Waals surface area contributed by atoms with E-state index in [9.17, 15) is 9.59 Å². The summed E-state index contributed by atoms with van der Waals surface area (Å²) in [6.45, 7) is 5.19. The van der Waals surface area contributed by atoms with Crippen molar-refractivity contribution in [2.75, 3.05) is 6.61 Å². The highest BCUT2D eigenvalue weighted by molar-refractivity contribution is 8.14. The molecule has 0 unspecified atom stereocenters. The molecule has 0 N–H and O–H groups in total. The van der Waals surface area contributed by atoms with Gasteiger partial charge in [-0.3, -0.25) is 9.59 Å². The summed E-state index contributed by atoms with van der Waals surface area (Å²) in [4.78, 5) is 21.4. The molecule has 1 atom stereocenters. The van der Waals surface area contributed by atoms with Crippen molar-refractivity contribution in [1.82, 2.24) is 0 Å². The summed E-state index contributed by atoms with van der Waals surface area (Å²) in [6, 6.07) is 0. The van der Waals surface area contributed by atoms with Crippen LogP contribution in [0.3, 0.4) is 0 Å². The SMILES string of the molecule is CCOC(=O)[C@H](C)SC(C)=O. The number of hydrogen-bond acceptors (Lipinski definition) is 4. The van der Waals surface area contributed by atoms with E-state index in [1.165, 1.54) is 6.92 Å². The van der Waals surface area contributed by atoms with Crippen LogP contribution in [0.2, 0.25) is 0 Å². The highest BCUT2D eigenvalue weighted by atomic mass is 32.2. The van der Waals surface area contributed by atoms with Gasteiger partial charge in [0.2, 0.25) is 0 Å². The Balaban J connectivity index is 3.73. The second-order valence-electron chi connectivity index (χ2n) is 2.00. The highest BCUT2D eigenvalue weighted by Crippen LogP contribution is 2.12. The van der Waals surface area contributed by atoms with Crippen LogP contribution < -0.4 is 0 Å². The van der Waals surface area contributed by atoms with E-state index in [2.05, 4.69) is 0 Å². The van der Waals surface area contributed by atoms with Crippen LogP contribution in [0.5, 0.6) is 0 Å². The molecule has 0 aliphatic rings. The number of carbonyl (C=O) groups excluding carboxylic acids is 2. The summed E-state index contributed by atoms with van der Waals surface area (Å²) in [5, 5.41) is -0.446. The van der Waals surface area contributed by atoms with Gasteiger partial charge < -0.3 is 4.74 Å². The summed E-state index contributed by atoms with van der Waals surface area (Å²) in [7, 11) is 0. The predicted octanol–water partition coefficient (Wildman–Crippen LogP) is 1.22. The van der Waals surface area contributed by atoms with Gasteiger partial charge in [-0.05, 0) is 13.8 Å². The van der Waals surface area contributed by atoms with Crippen LogP contribution in [0.4, 0.5) is 0 Å². The monoisotopic (exact) mass is 176 g/mol. The fraction of sp³-hybridized carbons (Fsp3) is 0.714. The minimum Gasteiger partial charge on any atom is -0.465 e. The normalized spacial score (nSPS) is 12.3. The molecule has 0 amide bonds. The molecule has 0 aromatic heterocycles. The van der Waals surface area contributed by atoms with E-state index in [0.29, 0.717) is 6.61 Å². The third-order valence-electron chi connectivity index (χ3n) is 0.961. The van der Waals surface area contributed by atoms with Gasteiger partial charge in [0, 0.05) is 6.92 Å². The average molecular weight is 176 g/mol. The summed E-state index contributed by atoms with van der Waals surface area (Å²) >= 11 is 0.989. The molecular weight excluding hydrogens is 164 g/mol. The second-order valence-corrected chi connectivity index (χ2v) is 3.52. The van der Waals surface area contributed by atoms with Crippen molar-refractivity contribution >= 4 is 22.8 Å². The minimum absolute atomic E-state index is 0.0643. The Hall–Kier alpha value is -0.510. The molecule has 64 valence electrons. The molecule has 0 rings (SSSR count). The van der Waals surface area contributed by atoms with Gasteiger partial charge in [-0.25, -0.2) is 0 Å². The lowest BCUT2D eigenvalue weighted by atomic mass is 10.5. The molecule has 4 heteroatoms. The third-order valence-corrected chi connectivity index (χ3v) is 1.84. The van der Waals surface area contributed by atoms with E-state index in [1.807, 2.05) is 0 Å². The van der Waals surface area contributed by atoms with Crippen LogP contribution in [0, 0.1) is 0 Å². The number of hydrogen-bond donors (Lipinski definition) is 0. The molecule has 0 spiro atoms. The molecule has 0 fully saturated rings. The van der Waals surface area contributed by atoms with Crippen LogP contribution in [0.15, 0.2) is 0 Å². The second kappa shape index (κ2) is 5.18. The molecular formula is C7H12O3S. The highest BCUT2D eigenvalue weighted by Gasteiger charge is 2.15. The zero-order chi connectivity index (χ0) is 8.85. The Bertz CT molecular complexity index is 156. The van der Waals surface area contributed by atoms with Crippen molar-refractivity contribution < 1.29 is 14.3 Å². The summed E-state index contributed by atoms with van der Waals surface area (Å²) in [5.41, 5.74) is 0. The number of esters is 1. The van der Waals surface area contributed by atoms with Gasteiger partial charge in [0.05, 0.1) is 6.61 Å². The van der Waals surface area contributed by atoms with Crippen molar-refractivity contribution in [2.24, 2.45) is 0 Å². The van der Waals surface area contributed by atoms with Crippen LogP contribution in [0.1, 0.15) is 20.8 Å². The predicted molar refractivity (Wildman–Crippen MR) is 44.4 cm³/mol. The van der Waals surface area contributed by atoms with E-state index in [4.69, 9.17) is 4.74 Å². The van der Waals surface area contributed by atoms with Gasteiger partial charge in [0.25, 0.3) is 0 Å². The first-order chi connectivity index (χ1) is 5.07. The van der Waals surface area contributed by atoms with Gasteiger partial charge in [-0.15, -0.1) is 0 Å². The molecule has 3 nitrogen and oxygen atoms in total. The molecule has 0 saturated heterocycles. The maximum absolute atomic E-state index is 10.9. The van der Waals surface area contributed by atoms with Crippen LogP contribution in [-0.4, -0.2) is 22.9 Å². The zero-order valence-electron chi connectivity index (χ0n) is 6.92. The molecule has 0 aromatic carbocycles. The van der Waals surface area contributed by atoms with E-state index in [-0.39, 0.29) is 16.3 Å². The molecule has 0 bridgehead atoms. The first-order valence-electron chi connectivity index (χ1n) is 3.41. The first-order valence-corrected chi connectivity index (χ1v) is 4.29. The van der Waals surface area contributed by atoms with E-state index in [0.717, 1.165) is 11.8 Å². The Morgan fingerprint density at radius 2 is 2.09 bits per heavy atom. The van der Waals surface area contributed by atoms with Gasteiger partial charge in [0.1, 0.15) is 5.25 Å². The number of thioether (sulfide) groups is 1. The quantitative estimate of drug-likeness (QED) is 0.606. The lowest BCUT2D eigenvalue weighted by molar-refractivity contribution is -0.142. The van der Waals surface area contributed by atoms with Crippen LogP contribution >= 0.6 is 11.8 Å². The molecule has 0 radical (unpaired) electrons. The number of rotatable bonds is 3. The summed E-state index contributed by atoms with van der Waals surface area (Å²) < 4.78 is 4.69. The lowest BCUT2D eigenvalue weighted by Crippen LogP contribution is -2.17. The number of ether oxygens (including phenoxy) is 1. The fourth-order valence-corrected chi connectivity index (χ4v) is 1.22. The average Bonchev–Trinajstić information content (AvgIpc) is 1.86. The first kappa shape index (κ1) is 10.5. The Morgan fingerprint density at radius 1 is 1.55 bits per heavy atom. The molecule has 0 aliphatic carbocycles. The van der Waals surface area contributed by atoms with Crippen LogP contribution in [0.25, 0.3) is 0 Å². The van der Waals surface area contributed by atoms with Crippen LogP contribution in [-0.2, 0) is 14.3 Å². The third kappa shape index (κ3) is 4.84. The Labute approximate surface area is 70.5 Å². The summed E-state index contributed by atoms with van der Waals surface area (Å²) in [6.07, 6.45) is 0. The molecule has 0 saturated carbocycles. The van der Waals surface area contributed by atoms with Gasteiger partial charge in [0.15, 0.2) is 5.12 Å². The summed E-state index contributed by atoms with van der Waals surface area (Å²) in [5.74, 6) is -0.326.